The van der Waals surface area contributed by atoms with E-state index in [0.29, 0.717) is 12.3 Å². The minimum Gasteiger partial charge on any atom is -0.353 e. The molecule has 0 N–H and O–H groups in total. The topological polar surface area (TPSA) is 56.8 Å². The highest BCUT2D eigenvalue weighted by Crippen LogP contribution is 2.60. The summed E-state index contributed by atoms with van der Waals surface area (Å²) < 4.78 is 0. The molecule has 1 atom stereocenters. The second-order valence-corrected chi connectivity index (χ2v) is 9.84. The number of carbonyl (C=O) groups is 2. The van der Waals surface area contributed by atoms with Crippen LogP contribution in [0, 0.1) is 11.3 Å². The largest absolute Gasteiger partial charge is 0.353 e. The van der Waals surface area contributed by atoms with E-state index in [1.54, 1.807) is 0 Å². The maximum absolute atomic E-state index is 13.2. The van der Waals surface area contributed by atoms with Crippen molar-refractivity contribution in [3.8, 4) is 0 Å². The SMILES string of the molecule is O=C(CCCc1ccccc1)N1CCC2(CC1)C[C@@H]2C(=O)N1CCN(c2ccccn2)CC1. The van der Waals surface area contributed by atoms with Crippen LogP contribution in [0.2, 0.25) is 0 Å². The van der Waals surface area contributed by atoms with E-state index in [0.717, 1.165) is 77.2 Å². The Bertz CT molecular complexity index is 949. The van der Waals surface area contributed by atoms with Gasteiger partial charge in [0, 0.05) is 57.8 Å². The first-order valence-corrected chi connectivity index (χ1v) is 12.4. The van der Waals surface area contributed by atoms with Crippen molar-refractivity contribution in [1.29, 1.82) is 0 Å². The van der Waals surface area contributed by atoms with Crippen molar-refractivity contribution in [1.82, 2.24) is 14.8 Å². The van der Waals surface area contributed by atoms with Gasteiger partial charge in [0.15, 0.2) is 0 Å². The lowest BCUT2D eigenvalue weighted by atomic mass is 9.90. The summed E-state index contributed by atoms with van der Waals surface area (Å²) in [6, 6.07) is 16.3. The molecule has 1 spiro atoms. The average Bonchev–Trinajstić information content (AvgIpc) is 3.58. The molecule has 1 aliphatic carbocycles. The Morgan fingerprint density at radius 3 is 2.30 bits per heavy atom. The second-order valence-electron chi connectivity index (χ2n) is 9.84. The van der Waals surface area contributed by atoms with Crippen LogP contribution in [-0.4, -0.2) is 65.9 Å². The summed E-state index contributed by atoms with van der Waals surface area (Å²) in [5, 5.41) is 0. The van der Waals surface area contributed by atoms with E-state index in [1.807, 2.05) is 35.4 Å². The lowest BCUT2D eigenvalue weighted by Crippen LogP contribution is -2.50. The number of piperazine rings is 1. The molecule has 2 aromatic rings. The normalized spacial score (nSPS) is 21.8. The zero-order valence-electron chi connectivity index (χ0n) is 19.4. The zero-order chi connectivity index (χ0) is 22.7. The summed E-state index contributed by atoms with van der Waals surface area (Å²) in [6.45, 7) is 4.84. The minimum absolute atomic E-state index is 0.149. The van der Waals surface area contributed by atoms with Crippen LogP contribution in [0.15, 0.2) is 54.7 Å². The van der Waals surface area contributed by atoms with Crippen LogP contribution < -0.4 is 4.90 Å². The molecule has 0 unspecified atom stereocenters. The molecule has 0 radical (unpaired) electrons. The number of rotatable bonds is 6. The van der Waals surface area contributed by atoms with Crippen molar-refractivity contribution in [3.63, 3.8) is 0 Å². The summed E-state index contributed by atoms with van der Waals surface area (Å²) in [4.78, 5) is 36.6. The average molecular weight is 447 g/mol. The maximum atomic E-state index is 13.2. The lowest BCUT2D eigenvalue weighted by Gasteiger charge is -2.37. The van der Waals surface area contributed by atoms with Gasteiger partial charge in [-0.3, -0.25) is 9.59 Å². The first kappa shape index (κ1) is 21.9. The first-order valence-electron chi connectivity index (χ1n) is 12.4. The third-order valence-electron chi connectivity index (χ3n) is 7.86. The van der Waals surface area contributed by atoms with Gasteiger partial charge in [0.2, 0.25) is 11.8 Å². The van der Waals surface area contributed by atoms with E-state index in [9.17, 15) is 9.59 Å². The summed E-state index contributed by atoms with van der Waals surface area (Å²) in [7, 11) is 0. The number of aromatic nitrogens is 1. The molecule has 33 heavy (non-hydrogen) atoms. The molecule has 3 aliphatic rings. The van der Waals surface area contributed by atoms with Crippen LogP contribution in [0.25, 0.3) is 0 Å². The predicted molar refractivity (Wildman–Crippen MR) is 129 cm³/mol. The van der Waals surface area contributed by atoms with Gasteiger partial charge >= 0.3 is 0 Å². The van der Waals surface area contributed by atoms with Crippen molar-refractivity contribution >= 4 is 17.6 Å². The molecule has 5 rings (SSSR count). The number of nitrogens with zero attached hydrogens (tertiary/aromatic N) is 4. The standard InChI is InChI=1S/C27H34N4O2/c32-25(11-6-9-22-7-2-1-3-8-22)30-15-12-27(13-16-30)21-23(27)26(33)31-19-17-29(18-20-31)24-10-4-5-14-28-24/h1-5,7-8,10,14,23H,6,9,11-13,15-21H2/t23-/m1/s1. The lowest BCUT2D eigenvalue weighted by molar-refractivity contribution is -0.134. The molecule has 2 saturated heterocycles. The molecule has 6 nitrogen and oxygen atoms in total. The van der Waals surface area contributed by atoms with Crippen molar-refractivity contribution in [2.24, 2.45) is 11.3 Å². The minimum atomic E-state index is 0.149. The molecule has 3 heterocycles. The fourth-order valence-corrected chi connectivity index (χ4v) is 5.61. The highest BCUT2D eigenvalue weighted by molar-refractivity contribution is 5.83. The van der Waals surface area contributed by atoms with E-state index in [2.05, 4.69) is 39.0 Å². The molecular formula is C27H34N4O2. The summed E-state index contributed by atoms with van der Waals surface area (Å²) >= 11 is 0. The Balaban J connectivity index is 1.05. The molecule has 2 aliphatic heterocycles. The van der Waals surface area contributed by atoms with Gasteiger partial charge in [-0.2, -0.15) is 0 Å². The number of hydrogen-bond acceptors (Lipinski definition) is 4. The number of carbonyl (C=O) groups excluding carboxylic acids is 2. The summed E-state index contributed by atoms with van der Waals surface area (Å²) in [5.74, 6) is 1.76. The van der Waals surface area contributed by atoms with E-state index in [4.69, 9.17) is 0 Å². The monoisotopic (exact) mass is 446 g/mol. The Kier molecular flexibility index (Phi) is 6.34. The van der Waals surface area contributed by atoms with Gasteiger partial charge in [0.05, 0.1) is 0 Å². The Morgan fingerprint density at radius 1 is 0.879 bits per heavy atom. The van der Waals surface area contributed by atoms with Crippen LogP contribution in [0.3, 0.4) is 0 Å². The number of hydrogen-bond donors (Lipinski definition) is 0. The highest BCUT2D eigenvalue weighted by atomic mass is 16.2. The van der Waals surface area contributed by atoms with Crippen LogP contribution >= 0.6 is 0 Å². The molecule has 1 aromatic heterocycles. The van der Waals surface area contributed by atoms with E-state index < -0.39 is 0 Å². The molecule has 1 saturated carbocycles. The number of benzene rings is 1. The predicted octanol–water partition coefficient (Wildman–Crippen LogP) is 3.38. The van der Waals surface area contributed by atoms with Gasteiger partial charge in [-0.1, -0.05) is 36.4 Å². The number of likely N-dealkylation sites (tertiary alicyclic amines) is 1. The molecule has 1 aromatic carbocycles. The van der Waals surface area contributed by atoms with Gasteiger partial charge in [0.25, 0.3) is 0 Å². The van der Waals surface area contributed by atoms with Crippen LogP contribution in [0.1, 0.15) is 37.7 Å². The quantitative estimate of drug-likeness (QED) is 0.683. The Labute approximate surface area is 196 Å². The number of aryl methyl sites for hydroxylation is 1. The van der Waals surface area contributed by atoms with Gasteiger partial charge < -0.3 is 14.7 Å². The third kappa shape index (κ3) is 4.90. The highest BCUT2D eigenvalue weighted by Gasteiger charge is 2.59. The first-order chi connectivity index (χ1) is 16.1. The summed E-state index contributed by atoms with van der Waals surface area (Å²) in [6.07, 6.45) is 7.24. The van der Waals surface area contributed by atoms with Crippen molar-refractivity contribution in [3.05, 3.63) is 60.3 Å². The Hall–Kier alpha value is -2.89. The van der Waals surface area contributed by atoms with Gasteiger partial charge in [-0.15, -0.1) is 0 Å². The van der Waals surface area contributed by atoms with Crippen molar-refractivity contribution in [2.75, 3.05) is 44.2 Å². The molecular weight excluding hydrogens is 412 g/mol. The molecule has 2 amide bonds. The number of amides is 2. The molecule has 0 bridgehead atoms. The fourth-order valence-electron chi connectivity index (χ4n) is 5.61. The molecule has 3 fully saturated rings. The van der Waals surface area contributed by atoms with Crippen LogP contribution in [0.5, 0.6) is 0 Å². The van der Waals surface area contributed by atoms with E-state index in [-0.39, 0.29) is 17.2 Å². The van der Waals surface area contributed by atoms with Crippen LogP contribution in [0.4, 0.5) is 5.82 Å². The molecule has 6 heteroatoms. The Morgan fingerprint density at radius 2 is 1.61 bits per heavy atom. The van der Waals surface area contributed by atoms with E-state index in [1.165, 1.54) is 5.56 Å². The van der Waals surface area contributed by atoms with Crippen molar-refractivity contribution in [2.45, 2.75) is 38.5 Å². The van der Waals surface area contributed by atoms with Gasteiger partial charge in [-0.25, -0.2) is 4.98 Å². The van der Waals surface area contributed by atoms with E-state index >= 15 is 0 Å². The second kappa shape index (κ2) is 9.54. The van der Waals surface area contributed by atoms with Gasteiger partial charge in [0.1, 0.15) is 5.82 Å². The third-order valence-corrected chi connectivity index (χ3v) is 7.86. The van der Waals surface area contributed by atoms with Crippen molar-refractivity contribution < 1.29 is 9.59 Å². The smallest absolute Gasteiger partial charge is 0.226 e. The fraction of sp³-hybridized carbons (Fsp3) is 0.519. The van der Waals surface area contributed by atoms with Crippen LogP contribution in [-0.2, 0) is 16.0 Å². The molecule has 174 valence electrons. The summed E-state index contributed by atoms with van der Waals surface area (Å²) in [5.41, 5.74) is 1.44. The number of pyridine rings is 1. The number of anilines is 1. The zero-order valence-corrected chi connectivity index (χ0v) is 19.4. The maximum Gasteiger partial charge on any atom is 0.226 e. The number of piperidine rings is 1. The van der Waals surface area contributed by atoms with Gasteiger partial charge in [-0.05, 0) is 55.2 Å².